The highest BCUT2D eigenvalue weighted by Crippen LogP contribution is 2.19. The largest absolute Gasteiger partial charge is 0.355 e. The SMILES string of the molecule is CN=C(NC[C@H]1CCCN1S(C)(=O)=O)NC(C)Cc1ccc(C)s1.I. The standard InChI is InChI=1S/C16H28N4O2S2.HI/c1-12(10-15-8-7-13(2)23-15)19-16(17-3)18-11-14-6-5-9-20(14)24(4,21)22;/h7-8,12,14H,5-6,9-11H2,1-4H3,(H2,17,18,19);1H/t12?,14-;/m1./s1. The summed E-state index contributed by atoms with van der Waals surface area (Å²) in [5.41, 5.74) is 0. The molecule has 2 rings (SSSR count). The van der Waals surface area contributed by atoms with Crippen LogP contribution >= 0.6 is 35.3 Å². The third kappa shape index (κ3) is 7.03. The first-order valence-corrected chi connectivity index (χ1v) is 11.0. The van der Waals surface area contributed by atoms with Crippen molar-refractivity contribution in [3.05, 3.63) is 21.9 Å². The molecule has 0 aliphatic carbocycles. The number of rotatable bonds is 6. The molecule has 2 atom stereocenters. The van der Waals surface area contributed by atoms with E-state index >= 15 is 0 Å². The molecule has 1 aromatic rings. The van der Waals surface area contributed by atoms with E-state index in [1.165, 1.54) is 16.0 Å². The highest BCUT2D eigenvalue weighted by molar-refractivity contribution is 14.0. The van der Waals surface area contributed by atoms with Gasteiger partial charge in [-0.2, -0.15) is 4.31 Å². The fraction of sp³-hybridized carbons (Fsp3) is 0.688. The van der Waals surface area contributed by atoms with Crippen molar-refractivity contribution in [2.75, 3.05) is 26.4 Å². The second-order valence-corrected chi connectivity index (χ2v) is 9.69. The van der Waals surface area contributed by atoms with Crippen molar-refractivity contribution in [3.63, 3.8) is 0 Å². The Hall–Kier alpha value is -0.390. The lowest BCUT2D eigenvalue weighted by molar-refractivity contribution is 0.387. The fourth-order valence-electron chi connectivity index (χ4n) is 3.04. The van der Waals surface area contributed by atoms with Gasteiger partial charge in [0.2, 0.25) is 10.0 Å². The first-order chi connectivity index (χ1) is 11.3. The molecule has 1 fully saturated rings. The Bertz CT molecular complexity index is 675. The maximum absolute atomic E-state index is 11.8. The predicted molar refractivity (Wildman–Crippen MR) is 117 cm³/mol. The molecule has 25 heavy (non-hydrogen) atoms. The maximum atomic E-state index is 11.8. The van der Waals surface area contributed by atoms with Gasteiger partial charge in [0.1, 0.15) is 0 Å². The van der Waals surface area contributed by atoms with E-state index in [1.807, 2.05) is 11.3 Å². The number of aliphatic imine (C=N–C) groups is 1. The summed E-state index contributed by atoms with van der Waals surface area (Å²) in [4.78, 5) is 6.92. The van der Waals surface area contributed by atoms with Gasteiger partial charge in [-0.05, 0) is 38.8 Å². The molecule has 1 aliphatic rings. The van der Waals surface area contributed by atoms with Gasteiger partial charge in [-0.25, -0.2) is 8.42 Å². The van der Waals surface area contributed by atoms with E-state index in [0.717, 1.165) is 25.2 Å². The Morgan fingerprint density at radius 3 is 2.76 bits per heavy atom. The quantitative estimate of drug-likeness (QED) is 0.357. The first-order valence-electron chi connectivity index (χ1n) is 8.29. The van der Waals surface area contributed by atoms with Crippen LogP contribution < -0.4 is 10.6 Å². The minimum absolute atomic E-state index is 0. The van der Waals surface area contributed by atoms with Crippen LogP contribution in [-0.2, 0) is 16.4 Å². The van der Waals surface area contributed by atoms with E-state index in [1.54, 1.807) is 11.4 Å². The van der Waals surface area contributed by atoms with Gasteiger partial charge in [-0.15, -0.1) is 35.3 Å². The van der Waals surface area contributed by atoms with Gasteiger partial charge >= 0.3 is 0 Å². The lowest BCUT2D eigenvalue weighted by Gasteiger charge is -2.24. The predicted octanol–water partition coefficient (Wildman–Crippen LogP) is 2.19. The van der Waals surface area contributed by atoms with Gasteiger partial charge in [0.15, 0.2) is 5.96 Å². The van der Waals surface area contributed by atoms with Crippen molar-refractivity contribution in [1.82, 2.24) is 14.9 Å². The number of hydrogen-bond donors (Lipinski definition) is 2. The number of guanidine groups is 1. The molecule has 9 heteroatoms. The first kappa shape index (κ1) is 22.7. The van der Waals surface area contributed by atoms with Gasteiger partial charge in [0, 0.05) is 48.4 Å². The van der Waals surface area contributed by atoms with Crippen molar-refractivity contribution in [2.45, 2.75) is 45.2 Å². The Labute approximate surface area is 172 Å². The van der Waals surface area contributed by atoms with Crippen LogP contribution in [0.3, 0.4) is 0 Å². The van der Waals surface area contributed by atoms with E-state index in [0.29, 0.717) is 13.1 Å². The molecule has 1 saturated heterocycles. The Kier molecular flexibility index (Phi) is 9.13. The van der Waals surface area contributed by atoms with Crippen LogP contribution in [-0.4, -0.2) is 57.2 Å². The molecule has 0 bridgehead atoms. The van der Waals surface area contributed by atoms with E-state index in [4.69, 9.17) is 0 Å². The molecule has 6 nitrogen and oxygen atoms in total. The molecule has 1 aromatic heterocycles. The summed E-state index contributed by atoms with van der Waals surface area (Å²) in [5.74, 6) is 0.719. The van der Waals surface area contributed by atoms with Crippen molar-refractivity contribution in [3.8, 4) is 0 Å². The zero-order valence-corrected chi connectivity index (χ0v) is 19.2. The fourth-order valence-corrected chi connectivity index (χ4v) is 5.24. The molecule has 0 saturated carbocycles. The summed E-state index contributed by atoms with van der Waals surface area (Å²) in [5, 5.41) is 6.65. The molecule has 0 radical (unpaired) electrons. The van der Waals surface area contributed by atoms with Crippen LogP contribution in [0.25, 0.3) is 0 Å². The molecule has 0 spiro atoms. The Morgan fingerprint density at radius 2 is 2.20 bits per heavy atom. The van der Waals surface area contributed by atoms with E-state index in [-0.39, 0.29) is 36.1 Å². The number of nitrogens with one attached hydrogen (secondary N) is 2. The van der Waals surface area contributed by atoms with Crippen molar-refractivity contribution in [2.24, 2.45) is 4.99 Å². The highest BCUT2D eigenvalue weighted by atomic mass is 127. The van der Waals surface area contributed by atoms with Crippen LogP contribution in [0.5, 0.6) is 0 Å². The number of halogens is 1. The van der Waals surface area contributed by atoms with Gasteiger partial charge in [-0.3, -0.25) is 4.99 Å². The van der Waals surface area contributed by atoms with Crippen LogP contribution in [0.1, 0.15) is 29.5 Å². The molecule has 0 amide bonds. The van der Waals surface area contributed by atoms with Gasteiger partial charge in [0.25, 0.3) is 0 Å². The Morgan fingerprint density at radius 1 is 1.48 bits per heavy atom. The minimum atomic E-state index is -3.13. The van der Waals surface area contributed by atoms with Gasteiger partial charge in [0.05, 0.1) is 6.26 Å². The van der Waals surface area contributed by atoms with Crippen LogP contribution in [0.4, 0.5) is 0 Å². The maximum Gasteiger partial charge on any atom is 0.211 e. The van der Waals surface area contributed by atoms with Crippen LogP contribution in [0, 0.1) is 6.92 Å². The minimum Gasteiger partial charge on any atom is -0.355 e. The van der Waals surface area contributed by atoms with Crippen molar-refractivity contribution >= 4 is 51.3 Å². The summed E-state index contributed by atoms with van der Waals surface area (Å²) in [6, 6.07) is 4.56. The molecule has 1 aliphatic heterocycles. The Balaban J connectivity index is 0.00000312. The molecule has 1 unspecified atom stereocenters. The zero-order valence-electron chi connectivity index (χ0n) is 15.3. The van der Waals surface area contributed by atoms with E-state index < -0.39 is 10.0 Å². The highest BCUT2D eigenvalue weighted by Gasteiger charge is 2.31. The van der Waals surface area contributed by atoms with Crippen LogP contribution in [0.2, 0.25) is 0 Å². The summed E-state index contributed by atoms with van der Waals surface area (Å²) < 4.78 is 25.2. The zero-order chi connectivity index (χ0) is 17.7. The summed E-state index contributed by atoms with van der Waals surface area (Å²) in [6.07, 6.45) is 4.03. The normalized spacial score (nSPS) is 20.2. The van der Waals surface area contributed by atoms with E-state index in [9.17, 15) is 8.42 Å². The lowest BCUT2D eigenvalue weighted by Crippen LogP contribution is -2.48. The second-order valence-electron chi connectivity index (χ2n) is 6.38. The monoisotopic (exact) mass is 500 g/mol. The number of nitrogens with zero attached hydrogens (tertiary/aromatic N) is 2. The molecule has 2 N–H and O–H groups in total. The number of sulfonamides is 1. The smallest absolute Gasteiger partial charge is 0.211 e. The van der Waals surface area contributed by atoms with Crippen molar-refractivity contribution < 1.29 is 8.42 Å². The number of aryl methyl sites for hydroxylation is 1. The summed E-state index contributed by atoms with van der Waals surface area (Å²) >= 11 is 1.81. The van der Waals surface area contributed by atoms with E-state index in [2.05, 4.69) is 41.6 Å². The molecule has 0 aromatic carbocycles. The van der Waals surface area contributed by atoms with Gasteiger partial charge < -0.3 is 10.6 Å². The molecular formula is C16H29IN4O2S2. The van der Waals surface area contributed by atoms with Crippen molar-refractivity contribution in [1.29, 1.82) is 0 Å². The number of thiophene rings is 1. The number of hydrogen-bond acceptors (Lipinski definition) is 4. The summed E-state index contributed by atoms with van der Waals surface area (Å²) in [6.45, 7) is 5.44. The van der Waals surface area contributed by atoms with Crippen LogP contribution in [0.15, 0.2) is 17.1 Å². The topological polar surface area (TPSA) is 73.8 Å². The molecular weight excluding hydrogens is 471 g/mol. The molecule has 2 heterocycles. The average molecular weight is 500 g/mol. The van der Waals surface area contributed by atoms with Gasteiger partial charge in [-0.1, -0.05) is 0 Å². The third-order valence-corrected chi connectivity index (χ3v) is 6.52. The summed E-state index contributed by atoms with van der Waals surface area (Å²) in [7, 11) is -1.40. The lowest BCUT2D eigenvalue weighted by atomic mass is 10.2. The molecule has 144 valence electrons. The second kappa shape index (κ2) is 10.1. The third-order valence-electron chi connectivity index (χ3n) is 4.16. The average Bonchev–Trinajstić information content (AvgIpc) is 3.11.